The molecule has 8 heteroatoms. The van der Waals surface area contributed by atoms with Crippen LogP contribution in [-0.4, -0.2) is 40.8 Å². The third kappa shape index (κ3) is 4.57. The van der Waals surface area contributed by atoms with Crippen molar-refractivity contribution in [1.29, 1.82) is 0 Å². The molecule has 7 nitrogen and oxygen atoms in total. The molecule has 0 N–H and O–H groups in total. The van der Waals surface area contributed by atoms with Crippen LogP contribution in [-0.2, 0) is 17.8 Å². The fourth-order valence-electron chi connectivity index (χ4n) is 3.27. The molecule has 0 aliphatic carbocycles. The van der Waals surface area contributed by atoms with Crippen molar-refractivity contribution in [3.05, 3.63) is 58.9 Å². The van der Waals surface area contributed by atoms with Crippen molar-refractivity contribution in [2.75, 3.05) is 19.8 Å². The van der Waals surface area contributed by atoms with Gasteiger partial charge in [-0.15, -0.1) is 10.2 Å². The van der Waals surface area contributed by atoms with Crippen molar-refractivity contribution in [3.8, 4) is 23.0 Å². The summed E-state index contributed by atoms with van der Waals surface area (Å²) in [6.07, 6.45) is 1.07. The number of nitrogens with zero attached hydrogens (tertiary/aromatic N) is 3. The fraction of sp³-hybridized carbons (Fsp3) is 0.318. The summed E-state index contributed by atoms with van der Waals surface area (Å²) < 4.78 is 16.9. The van der Waals surface area contributed by atoms with E-state index in [0.29, 0.717) is 53.6 Å². The number of carbonyl (C=O) groups excluding carboxylic acids is 1. The summed E-state index contributed by atoms with van der Waals surface area (Å²) in [6, 6.07) is 12.9. The van der Waals surface area contributed by atoms with Gasteiger partial charge in [0.1, 0.15) is 13.2 Å². The van der Waals surface area contributed by atoms with E-state index in [9.17, 15) is 4.79 Å². The van der Waals surface area contributed by atoms with Crippen LogP contribution in [0.2, 0.25) is 5.02 Å². The van der Waals surface area contributed by atoms with E-state index in [1.165, 1.54) is 0 Å². The van der Waals surface area contributed by atoms with Crippen LogP contribution in [0.1, 0.15) is 24.8 Å². The number of amides is 1. The molecule has 0 radical (unpaired) electrons. The molecule has 1 aliphatic heterocycles. The zero-order valence-corrected chi connectivity index (χ0v) is 17.4. The molecule has 4 rings (SSSR count). The first-order valence-corrected chi connectivity index (χ1v) is 10.3. The van der Waals surface area contributed by atoms with Crippen LogP contribution < -0.4 is 9.47 Å². The Bertz CT molecular complexity index is 1040. The van der Waals surface area contributed by atoms with Crippen LogP contribution in [0.25, 0.3) is 11.5 Å². The average Bonchev–Trinajstić information content (AvgIpc) is 3.22. The van der Waals surface area contributed by atoms with Gasteiger partial charge in [0.05, 0.1) is 23.6 Å². The topological polar surface area (TPSA) is 77.7 Å². The predicted molar refractivity (Wildman–Crippen MR) is 112 cm³/mol. The first-order chi connectivity index (χ1) is 14.6. The smallest absolute Gasteiger partial charge is 0.249 e. The molecule has 0 spiro atoms. The lowest BCUT2D eigenvalue weighted by atomic mass is 10.1. The SMILES string of the molecule is CCCN(Cc1nnc(-c2ccccc2Cl)o1)C(=O)Cc1ccc2c(c1)OCCO2. The van der Waals surface area contributed by atoms with Gasteiger partial charge in [-0.05, 0) is 36.2 Å². The quantitative estimate of drug-likeness (QED) is 0.563. The number of carbonyl (C=O) groups is 1. The molecule has 2 aromatic carbocycles. The Morgan fingerprint density at radius 1 is 1.10 bits per heavy atom. The molecule has 0 unspecified atom stereocenters. The van der Waals surface area contributed by atoms with E-state index in [1.807, 2.05) is 43.3 Å². The highest BCUT2D eigenvalue weighted by atomic mass is 35.5. The minimum atomic E-state index is -0.0222. The van der Waals surface area contributed by atoms with E-state index in [0.717, 1.165) is 12.0 Å². The molecule has 1 aliphatic rings. The summed E-state index contributed by atoms with van der Waals surface area (Å²) in [5.41, 5.74) is 1.54. The molecular weight excluding hydrogens is 406 g/mol. The second-order valence-corrected chi connectivity index (χ2v) is 7.36. The molecule has 2 heterocycles. The lowest BCUT2D eigenvalue weighted by molar-refractivity contribution is -0.131. The van der Waals surface area contributed by atoms with Gasteiger partial charge in [-0.2, -0.15) is 0 Å². The van der Waals surface area contributed by atoms with Gasteiger partial charge < -0.3 is 18.8 Å². The molecule has 0 saturated heterocycles. The summed E-state index contributed by atoms with van der Waals surface area (Å²) in [7, 11) is 0. The van der Waals surface area contributed by atoms with Crippen LogP contribution in [0.4, 0.5) is 0 Å². The van der Waals surface area contributed by atoms with Gasteiger partial charge in [-0.25, -0.2) is 0 Å². The number of halogens is 1. The number of fused-ring (bicyclic) bond motifs is 1. The Labute approximate surface area is 179 Å². The summed E-state index contributed by atoms with van der Waals surface area (Å²) in [4.78, 5) is 14.7. The van der Waals surface area contributed by atoms with Gasteiger partial charge >= 0.3 is 0 Å². The fourth-order valence-corrected chi connectivity index (χ4v) is 3.49. The van der Waals surface area contributed by atoms with Gasteiger partial charge in [0.25, 0.3) is 0 Å². The van der Waals surface area contributed by atoms with Crippen molar-refractivity contribution < 1.29 is 18.7 Å². The maximum atomic E-state index is 12.9. The van der Waals surface area contributed by atoms with Crippen molar-refractivity contribution in [2.45, 2.75) is 26.3 Å². The minimum Gasteiger partial charge on any atom is -0.486 e. The molecule has 156 valence electrons. The zero-order valence-electron chi connectivity index (χ0n) is 16.6. The highest BCUT2D eigenvalue weighted by Crippen LogP contribution is 2.31. The molecule has 0 saturated carbocycles. The Morgan fingerprint density at radius 2 is 1.90 bits per heavy atom. The zero-order chi connectivity index (χ0) is 20.9. The summed E-state index contributed by atoms with van der Waals surface area (Å²) >= 11 is 6.20. The van der Waals surface area contributed by atoms with Crippen molar-refractivity contribution >= 4 is 17.5 Å². The lowest BCUT2D eigenvalue weighted by Gasteiger charge is -2.22. The standard InChI is InChI=1S/C22H22ClN3O4/c1-2-9-26(14-20-24-25-22(30-20)16-5-3-4-6-17(16)23)21(27)13-15-7-8-18-19(12-15)29-11-10-28-18/h3-8,12H,2,9-11,13-14H2,1H3. The van der Waals surface area contributed by atoms with Crippen molar-refractivity contribution in [3.63, 3.8) is 0 Å². The molecular formula is C22H22ClN3O4. The van der Waals surface area contributed by atoms with Crippen molar-refractivity contribution in [2.24, 2.45) is 0 Å². The van der Waals surface area contributed by atoms with E-state index in [-0.39, 0.29) is 18.9 Å². The molecule has 30 heavy (non-hydrogen) atoms. The predicted octanol–water partition coefficient (Wildman–Crippen LogP) is 4.14. The Morgan fingerprint density at radius 3 is 2.70 bits per heavy atom. The van der Waals surface area contributed by atoms with Gasteiger partial charge in [-0.1, -0.05) is 36.7 Å². The van der Waals surface area contributed by atoms with E-state index >= 15 is 0 Å². The number of aromatic nitrogens is 2. The summed E-state index contributed by atoms with van der Waals surface area (Å²) in [5, 5.41) is 8.71. The van der Waals surface area contributed by atoms with Gasteiger partial charge in [0.15, 0.2) is 11.5 Å². The first-order valence-electron chi connectivity index (χ1n) is 9.87. The highest BCUT2D eigenvalue weighted by molar-refractivity contribution is 6.33. The minimum absolute atomic E-state index is 0.0222. The monoisotopic (exact) mass is 427 g/mol. The molecule has 1 amide bonds. The molecule has 0 atom stereocenters. The van der Waals surface area contributed by atoms with Crippen LogP contribution in [0.15, 0.2) is 46.9 Å². The summed E-state index contributed by atoms with van der Waals surface area (Å²) in [6.45, 7) is 3.91. The largest absolute Gasteiger partial charge is 0.486 e. The lowest BCUT2D eigenvalue weighted by Crippen LogP contribution is -2.32. The normalized spacial score (nSPS) is 12.6. The average molecular weight is 428 g/mol. The number of benzene rings is 2. The highest BCUT2D eigenvalue weighted by Gasteiger charge is 2.20. The number of ether oxygens (including phenoxy) is 2. The Balaban J connectivity index is 1.46. The number of hydrogen-bond acceptors (Lipinski definition) is 6. The molecule has 0 bridgehead atoms. The second kappa shape index (κ2) is 9.17. The van der Waals surface area contributed by atoms with Crippen molar-refractivity contribution in [1.82, 2.24) is 15.1 Å². The van der Waals surface area contributed by atoms with E-state index in [4.69, 9.17) is 25.5 Å². The van der Waals surface area contributed by atoms with Crippen LogP contribution >= 0.6 is 11.6 Å². The van der Waals surface area contributed by atoms with E-state index in [1.54, 1.807) is 11.0 Å². The summed E-state index contributed by atoms with van der Waals surface area (Å²) in [5.74, 6) is 2.07. The number of hydrogen-bond donors (Lipinski definition) is 0. The second-order valence-electron chi connectivity index (χ2n) is 6.95. The molecule has 3 aromatic rings. The number of rotatable bonds is 7. The van der Waals surface area contributed by atoms with Gasteiger partial charge in [0.2, 0.25) is 17.7 Å². The Hall–Kier alpha value is -3.06. The van der Waals surface area contributed by atoms with Gasteiger partial charge in [-0.3, -0.25) is 4.79 Å². The third-order valence-corrected chi connectivity index (χ3v) is 5.03. The third-order valence-electron chi connectivity index (χ3n) is 4.71. The van der Waals surface area contributed by atoms with Crippen LogP contribution in [0, 0.1) is 0 Å². The first kappa shape index (κ1) is 20.2. The van der Waals surface area contributed by atoms with Crippen LogP contribution in [0.3, 0.4) is 0 Å². The molecule has 1 aromatic heterocycles. The van der Waals surface area contributed by atoms with E-state index < -0.39 is 0 Å². The maximum absolute atomic E-state index is 12.9. The van der Waals surface area contributed by atoms with E-state index in [2.05, 4.69) is 10.2 Å². The van der Waals surface area contributed by atoms with Crippen LogP contribution in [0.5, 0.6) is 11.5 Å². The Kier molecular flexibility index (Phi) is 6.18. The maximum Gasteiger partial charge on any atom is 0.249 e. The van der Waals surface area contributed by atoms with Gasteiger partial charge in [0, 0.05) is 6.54 Å². The molecule has 0 fully saturated rings.